The molecule has 92 valence electrons. The molecule has 2 heterocycles. The van der Waals surface area contributed by atoms with Gasteiger partial charge >= 0.3 is 0 Å². The van der Waals surface area contributed by atoms with Crippen LogP contribution in [0.3, 0.4) is 0 Å². The second-order valence-electron chi connectivity index (χ2n) is 3.85. The highest BCUT2D eigenvalue weighted by atomic mass is 79.9. The summed E-state index contributed by atoms with van der Waals surface area (Å²) < 4.78 is 3.93. The molecule has 0 aromatic carbocycles. The zero-order valence-corrected chi connectivity index (χ0v) is 11.6. The molecular formula is C11H16BrN5. The van der Waals surface area contributed by atoms with E-state index in [1.54, 1.807) is 0 Å². The van der Waals surface area contributed by atoms with Crippen molar-refractivity contribution in [3.05, 3.63) is 30.1 Å². The number of hydrogen-bond acceptors (Lipinski definition) is 3. The fourth-order valence-electron chi connectivity index (χ4n) is 1.67. The Morgan fingerprint density at radius 3 is 2.94 bits per heavy atom. The van der Waals surface area contributed by atoms with Crippen molar-refractivity contribution in [3.63, 3.8) is 0 Å². The predicted molar refractivity (Wildman–Crippen MR) is 69.0 cm³/mol. The van der Waals surface area contributed by atoms with Crippen LogP contribution in [0.25, 0.3) is 0 Å². The normalized spacial score (nSPS) is 12.9. The third-order valence-electron chi connectivity index (χ3n) is 2.68. The van der Waals surface area contributed by atoms with Crippen molar-refractivity contribution in [2.75, 3.05) is 0 Å². The van der Waals surface area contributed by atoms with E-state index in [2.05, 4.69) is 49.6 Å². The number of aromatic nitrogens is 5. The highest BCUT2D eigenvalue weighted by Gasteiger charge is 2.10. The lowest BCUT2D eigenvalue weighted by Crippen LogP contribution is -2.08. The molecule has 0 radical (unpaired) electrons. The van der Waals surface area contributed by atoms with Gasteiger partial charge in [-0.25, -0.2) is 9.67 Å². The summed E-state index contributed by atoms with van der Waals surface area (Å²) in [6, 6.07) is 0. The third-order valence-corrected chi connectivity index (χ3v) is 3.80. The lowest BCUT2D eigenvalue weighted by Gasteiger charge is -2.03. The molecule has 0 saturated carbocycles. The molecule has 0 fully saturated rings. The molecule has 5 nitrogen and oxygen atoms in total. The molecular weight excluding hydrogens is 282 g/mol. The van der Waals surface area contributed by atoms with E-state index in [1.807, 2.05) is 23.3 Å². The number of halogens is 1. The van der Waals surface area contributed by atoms with Crippen LogP contribution < -0.4 is 0 Å². The summed E-state index contributed by atoms with van der Waals surface area (Å²) in [5.41, 5.74) is 0.974. The summed E-state index contributed by atoms with van der Waals surface area (Å²) >= 11 is 3.57. The van der Waals surface area contributed by atoms with Gasteiger partial charge < -0.3 is 4.57 Å². The largest absolute Gasteiger partial charge is 0.334 e. The fraction of sp³-hybridized carbons (Fsp3) is 0.545. The summed E-state index contributed by atoms with van der Waals surface area (Å²) in [5.74, 6) is 1.01. The first kappa shape index (κ1) is 12.3. The minimum absolute atomic E-state index is 0.280. The van der Waals surface area contributed by atoms with Gasteiger partial charge in [-0.05, 0) is 13.3 Å². The minimum atomic E-state index is 0.280. The summed E-state index contributed by atoms with van der Waals surface area (Å²) in [6.45, 7) is 5.80. The van der Waals surface area contributed by atoms with Crippen LogP contribution in [-0.4, -0.2) is 24.5 Å². The topological polar surface area (TPSA) is 48.5 Å². The molecule has 0 N–H and O–H groups in total. The van der Waals surface area contributed by atoms with Crippen LogP contribution in [0.2, 0.25) is 0 Å². The van der Waals surface area contributed by atoms with Crippen molar-refractivity contribution in [1.82, 2.24) is 24.5 Å². The Balaban J connectivity index is 2.11. The van der Waals surface area contributed by atoms with Gasteiger partial charge in [-0.3, -0.25) is 0 Å². The second-order valence-corrected chi connectivity index (χ2v) is 4.95. The molecule has 0 bridgehead atoms. The van der Waals surface area contributed by atoms with E-state index >= 15 is 0 Å². The van der Waals surface area contributed by atoms with Gasteiger partial charge in [0.15, 0.2) is 0 Å². The van der Waals surface area contributed by atoms with Crippen LogP contribution in [0.5, 0.6) is 0 Å². The van der Waals surface area contributed by atoms with Gasteiger partial charge in [0.2, 0.25) is 0 Å². The number of rotatable bonds is 5. The maximum Gasteiger partial charge on any atom is 0.130 e. The Bertz CT molecular complexity index is 476. The number of imidazole rings is 1. The molecule has 17 heavy (non-hydrogen) atoms. The first-order valence-corrected chi connectivity index (χ1v) is 6.70. The van der Waals surface area contributed by atoms with Crippen molar-refractivity contribution < 1.29 is 0 Å². The van der Waals surface area contributed by atoms with Crippen LogP contribution in [0, 0.1) is 0 Å². The molecule has 1 unspecified atom stereocenters. The number of hydrogen-bond donors (Lipinski definition) is 0. The summed E-state index contributed by atoms with van der Waals surface area (Å²) in [5, 5.41) is 8.27. The molecule has 2 rings (SSSR count). The first-order chi connectivity index (χ1) is 8.24. The van der Waals surface area contributed by atoms with Crippen LogP contribution in [-0.2, 0) is 13.1 Å². The molecule has 2 aromatic heterocycles. The van der Waals surface area contributed by atoms with Gasteiger partial charge in [0.1, 0.15) is 12.4 Å². The van der Waals surface area contributed by atoms with Crippen molar-refractivity contribution >= 4 is 15.9 Å². The van der Waals surface area contributed by atoms with E-state index in [9.17, 15) is 0 Å². The van der Waals surface area contributed by atoms with E-state index in [0.29, 0.717) is 6.54 Å². The monoisotopic (exact) mass is 297 g/mol. The predicted octanol–water partition coefficient (Wildman–Crippen LogP) is 2.39. The Morgan fingerprint density at radius 2 is 2.24 bits per heavy atom. The molecule has 0 amide bonds. The summed E-state index contributed by atoms with van der Waals surface area (Å²) in [7, 11) is 0. The Morgan fingerprint density at radius 1 is 1.41 bits per heavy atom. The lowest BCUT2D eigenvalue weighted by atomic mass is 10.3. The van der Waals surface area contributed by atoms with Gasteiger partial charge in [0.05, 0.1) is 16.7 Å². The molecule has 0 aliphatic heterocycles. The zero-order valence-electron chi connectivity index (χ0n) is 10.0. The smallest absolute Gasteiger partial charge is 0.130 e. The summed E-state index contributed by atoms with van der Waals surface area (Å²) in [6.07, 6.45) is 6.77. The van der Waals surface area contributed by atoms with Crippen molar-refractivity contribution in [2.45, 2.75) is 38.2 Å². The Kier molecular flexibility index (Phi) is 3.93. The van der Waals surface area contributed by atoms with Crippen LogP contribution in [0.1, 0.15) is 36.6 Å². The van der Waals surface area contributed by atoms with Crippen LogP contribution in [0.15, 0.2) is 18.6 Å². The Hall–Kier alpha value is -1.17. The third kappa shape index (κ3) is 2.74. The lowest BCUT2D eigenvalue weighted by molar-refractivity contribution is 0.588. The van der Waals surface area contributed by atoms with Crippen LogP contribution >= 0.6 is 15.9 Å². The van der Waals surface area contributed by atoms with Gasteiger partial charge in [0.25, 0.3) is 0 Å². The van der Waals surface area contributed by atoms with Crippen molar-refractivity contribution in [3.8, 4) is 0 Å². The van der Waals surface area contributed by atoms with E-state index in [4.69, 9.17) is 0 Å². The van der Waals surface area contributed by atoms with Gasteiger partial charge in [0, 0.05) is 18.9 Å². The number of alkyl halides is 1. The molecule has 0 saturated heterocycles. The SMILES string of the molecule is CCC(Br)c1cn(Cc2nccn2CC)nn1. The van der Waals surface area contributed by atoms with Gasteiger partial charge in [-0.15, -0.1) is 5.10 Å². The maximum absolute atomic E-state index is 4.32. The highest BCUT2D eigenvalue weighted by Crippen LogP contribution is 2.23. The Labute approximate surface area is 109 Å². The second kappa shape index (κ2) is 5.44. The van der Waals surface area contributed by atoms with E-state index in [-0.39, 0.29) is 4.83 Å². The molecule has 0 aliphatic rings. The first-order valence-electron chi connectivity index (χ1n) is 5.78. The molecule has 6 heteroatoms. The van der Waals surface area contributed by atoms with E-state index in [1.165, 1.54) is 0 Å². The summed E-state index contributed by atoms with van der Waals surface area (Å²) in [4.78, 5) is 4.60. The molecule has 0 aliphatic carbocycles. The highest BCUT2D eigenvalue weighted by molar-refractivity contribution is 9.09. The zero-order chi connectivity index (χ0) is 12.3. The minimum Gasteiger partial charge on any atom is -0.334 e. The standard InChI is InChI=1S/C11H16BrN5/c1-3-9(12)10-7-17(15-14-10)8-11-13-5-6-16(11)4-2/h5-7,9H,3-4,8H2,1-2H3. The van der Waals surface area contributed by atoms with E-state index < -0.39 is 0 Å². The molecule has 0 spiro atoms. The average molecular weight is 298 g/mol. The van der Waals surface area contributed by atoms with E-state index in [0.717, 1.165) is 24.5 Å². The molecule has 1 atom stereocenters. The molecule has 2 aromatic rings. The van der Waals surface area contributed by atoms with Gasteiger partial charge in [-0.1, -0.05) is 28.1 Å². The fourth-order valence-corrected chi connectivity index (χ4v) is 1.88. The number of aryl methyl sites for hydroxylation is 1. The van der Waals surface area contributed by atoms with Crippen molar-refractivity contribution in [2.24, 2.45) is 0 Å². The van der Waals surface area contributed by atoms with Crippen LogP contribution in [0.4, 0.5) is 0 Å². The average Bonchev–Trinajstić information content (AvgIpc) is 2.97. The number of nitrogens with zero attached hydrogens (tertiary/aromatic N) is 5. The maximum atomic E-state index is 4.32. The van der Waals surface area contributed by atoms with Crippen molar-refractivity contribution in [1.29, 1.82) is 0 Å². The van der Waals surface area contributed by atoms with Gasteiger partial charge in [-0.2, -0.15) is 0 Å². The quantitative estimate of drug-likeness (QED) is 0.796.